The molecule has 1 aliphatic rings. The van der Waals surface area contributed by atoms with Gasteiger partial charge in [0.2, 0.25) is 0 Å². The van der Waals surface area contributed by atoms with E-state index in [1.165, 1.54) is 10.5 Å². The Morgan fingerprint density at radius 3 is 2.66 bits per heavy atom. The molecule has 168 valence electrons. The number of anilines is 3. The topological polar surface area (TPSA) is 112 Å². The van der Waals surface area contributed by atoms with Crippen LogP contribution >= 0.6 is 0 Å². The van der Waals surface area contributed by atoms with Crippen molar-refractivity contribution in [2.24, 2.45) is 5.92 Å². The number of hydrogen-bond acceptors (Lipinski definition) is 7. The highest BCUT2D eigenvalue weighted by atomic mass is 16.4. The number of aryl methyl sites for hydroxylation is 2. The van der Waals surface area contributed by atoms with Crippen molar-refractivity contribution in [1.82, 2.24) is 29.6 Å². The van der Waals surface area contributed by atoms with Crippen molar-refractivity contribution in [3.63, 3.8) is 0 Å². The zero-order valence-corrected chi connectivity index (χ0v) is 18.1. The second-order valence-corrected chi connectivity index (χ2v) is 8.09. The van der Waals surface area contributed by atoms with Gasteiger partial charge >= 0.3 is 6.09 Å². The summed E-state index contributed by atoms with van der Waals surface area (Å²) >= 11 is 0. The molecule has 0 unspecified atom stereocenters. The SMILES string of the molecule is CN(CC1CCN(C(=O)O)CC1)c1cc(Nc2ccc(CCn3cncn3)cc2)ncn1. The molecule has 1 fully saturated rings. The first-order chi connectivity index (χ1) is 15.6. The van der Waals surface area contributed by atoms with Crippen molar-refractivity contribution in [2.45, 2.75) is 25.8 Å². The molecule has 1 aromatic carbocycles. The predicted octanol–water partition coefficient (Wildman–Crippen LogP) is 2.88. The quantitative estimate of drug-likeness (QED) is 0.554. The number of nitrogens with zero attached hydrogens (tertiary/aromatic N) is 7. The van der Waals surface area contributed by atoms with E-state index >= 15 is 0 Å². The fraction of sp³-hybridized carbons (Fsp3) is 0.409. The molecule has 10 nitrogen and oxygen atoms in total. The van der Waals surface area contributed by atoms with Crippen LogP contribution in [0.2, 0.25) is 0 Å². The Morgan fingerprint density at radius 1 is 1.19 bits per heavy atom. The highest BCUT2D eigenvalue weighted by Crippen LogP contribution is 2.22. The summed E-state index contributed by atoms with van der Waals surface area (Å²) in [5.41, 5.74) is 2.19. The predicted molar refractivity (Wildman–Crippen MR) is 121 cm³/mol. The monoisotopic (exact) mass is 436 g/mol. The Balaban J connectivity index is 1.30. The van der Waals surface area contributed by atoms with E-state index in [4.69, 9.17) is 5.11 Å². The van der Waals surface area contributed by atoms with Crippen molar-refractivity contribution in [2.75, 3.05) is 36.9 Å². The molecule has 3 aromatic rings. The van der Waals surface area contributed by atoms with Crippen molar-refractivity contribution < 1.29 is 9.90 Å². The summed E-state index contributed by atoms with van der Waals surface area (Å²) in [5.74, 6) is 2.03. The number of rotatable bonds is 8. The van der Waals surface area contributed by atoms with E-state index in [0.717, 1.165) is 49.7 Å². The van der Waals surface area contributed by atoms with Gasteiger partial charge in [0.15, 0.2) is 0 Å². The summed E-state index contributed by atoms with van der Waals surface area (Å²) in [5, 5.41) is 16.6. The third-order valence-corrected chi connectivity index (χ3v) is 5.78. The van der Waals surface area contributed by atoms with Gasteiger partial charge in [-0.05, 0) is 42.9 Å². The molecule has 0 radical (unpaired) electrons. The molecule has 1 saturated heterocycles. The maximum absolute atomic E-state index is 11.1. The molecule has 0 saturated carbocycles. The molecule has 0 aliphatic carbocycles. The van der Waals surface area contributed by atoms with Crippen LogP contribution in [0.4, 0.5) is 22.1 Å². The summed E-state index contributed by atoms with van der Waals surface area (Å²) in [6.45, 7) is 2.83. The minimum Gasteiger partial charge on any atom is -0.465 e. The summed E-state index contributed by atoms with van der Waals surface area (Å²) in [7, 11) is 2.01. The molecule has 10 heteroatoms. The van der Waals surface area contributed by atoms with Crippen LogP contribution in [0.5, 0.6) is 0 Å². The maximum Gasteiger partial charge on any atom is 0.407 e. The Kier molecular flexibility index (Phi) is 6.78. The maximum atomic E-state index is 11.1. The summed E-state index contributed by atoms with van der Waals surface area (Å²) in [4.78, 5) is 27.4. The Hall–Kier alpha value is -3.69. The lowest BCUT2D eigenvalue weighted by molar-refractivity contribution is 0.125. The molecule has 0 bridgehead atoms. The number of piperidine rings is 1. The lowest BCUT2D eigenvalue weighted by Crippen LogP contribution is -2.40. The van der Waals surface area contributed by atoms with Crippen LogP contribution < -0.4 is 10.2 Å². The van der Waals surface area contributed by atoms with E-state index in [-0.39, 0.29) is 0 Å². The highest BCUT2D eigenvalue weighted by molar-refractivity contribution is 5.65. The third kappa shape index (κ3) is 5.71. The number of likely N-dealkylation sites (tertiary alicyclic amines) is 1. The van der Waals surface area contributed by atoms with Gasteiger partial charge in [0.05, 0.1) is 0 Å². The fourth-order valence-electron chi connectivity index (χ4n) is 3.91. The van der Waals surface area contributed by atoms with E-state index < -0.39 is 6.09 Å². The molecule has 0 atom stereocenters. The number of carboxylic acid groups (broad SMARTS) is 1. The van der Waals surface area contributed by atoms with E-state index in [2.05, 4.69) is 42.4 Å². The molecular weight excluding hydrogens is 408 g/mol. The second-order valence-electron chi connectivity index (χ2n) is 8.09. The van der Waals surface area contributed by atoms with Gasteiger partial charge < -0.3 is 20.2 Å². The van der Waals surface area contributed by atoms with Crippen molar-refractivity contribution >= 4 is 23.4 Å². The highest BCUT2D eigenvalue weighted by Gasteiger charge is 2.23. The van der Waals surface area contributed by atoms with E-state index in [0.29, 0.717) is 19.0 Å². The van der Waals surface area contributed by atoms with Gasteiger partial charge in [0.1, 0.15) is 30.6 Å². The number of hydrogen-bond donors (Lipinski definition) is 2. The number of aromatic nitrogens is 5. The fourth-order valence-corrected chi connectivity index (χ4v) is 3.91. The average molecular weight is 437 g/mol. The first-order valence-corrected chi connectivity index (χ1v) is 10.8. The van der Waals surface area contributed by atoms with Crippen LogP contribution in [0.25, 0.3) is 0 Å². The average Bonchev–Trinajstić information content (AvgIpc) is 3.33. The normalized spacial score (nSPS) is 14.3. The Labute approximate surface area is 186 Å². The van der Waals surface area contributed by atoms with Crippen LogP contribution in [-0.2, 0) is 13.0 Å². The van der Waals surface area contributed by atoms with Gasteiger partial charge in [-0.1, -0.05) is 12.1 Å². The lowest BCUT2D eigenvalue weighted by Gasteiger charge is -2.32. The summed E-state index contributed by atoms with van der Waals surface area (Å²) in [6, 6.07) is 10.2. The van der Waals surface area contributed by atoms with Crippen LogP contribution in [0.15, 0.2) is 49.3 Å². The molecule has 3 heterocycles. The number of carbonyl (C=O) groups is 1. The van der Waals surface area contributed by atoms with E-state index in [1.54, 1.807) is 19.0 Å². The lowest BCUT2D eigenvalue weighted by atomic mass is 9.96. The minimum atomic E-state index is -0.827. The zero-order valence-electron chi connectivity index (χ0n) is 18.1. The Bertz CT molecular complexity index is 1000. The van der Waals surface area contributed by atoms with Gasteiger partial charge in [0.25, 0.3) is 0 Å². The molecule has 2 N–H and O–H groups in total. The van der Waals surface area contributed by atoms with Gasteiger partial charge in [-0.25, -0.2) is 19.7 Å². The largest absolute Gasteiger partial charge is 0.465 e. The van der Waals surface area contributed by atoms with Crippen molar-refractivity contribution in [1.29, 1.82) is 0 Å². The van der Waals surface area contributed by atoms with E-state index in [9.17, 15) is 4.79 Å². The standard InChI is InChI=1S/C22H28N8O2/c1-28(13-18-6-9-29(10-7-18)22(31)32)21-12-20(24-15-25-21)27-19-4-2-17(3-5-19)8-11-30-16-23-14-26-30/h2-5,12,14-16,18H,6-11,13H2,1H3,(H,31,32)(H,24,25,27). The van der Waals surface area contributed by atoms with Crippen LogP contribution in [0.3, 0.4) is 0 Å². The molecule has 1 aliphatic heterocycles. The summed E-state index contributed by atoms with van der Waals surface area (Å²) in [6.07, 6.45) is 6.63. The second kappa shape index (κ2) is 10.1. The smallest absolute Gasteiger partial charge is 0.407 e. The van der Waals surface area contributed by atoms with Crippen molar-refractivity contribution in [3.05, 3.63) is 54.9 Å². The number of benzene rings is 1. The molecule has 0 spiro atoms. The Morgan fingerprint density at radius 2 is 1.97 bits per heavy atom. The van der Waals surface area contributed by atoms with Crippen LogP contribution in [0, 0.1) is 5.92 Å². The van der Waals surface area contributed by atoms with Crippen LogP contribution in [0.1, 0.15) is 18.4 Å². The molecule has 4 rings (SSSR count). The van der Waals surface area contributed by atoms with Gasteiger partial charge in [-0.3, -0.25) is 4.68 Å². The first kappa shape index (κ1) is 21.5. The minimum absolute atomic E-state index is 0.451. The van der Waals surface area contributed by atoms with Crippen molar-refractivity contribution in [3.8, 4) is 0 Å². The van der Waals surface area contributed by atoms with E-state index in [1.807, 2.05) is 29.9 Å². The number of amides is 1. The third-order valence-electron chi connectivity index (χ3n) is 5.78. The molecular formula is C22H28N8O2. The summed E-state index contributed by atoms with van der Waals surface area (Å²) < 4.78 is 1.82. The molecule has 2 aromatic heterocycles. The molecule has 32 heavy (non-hydrogen) atoms. The number of nitrogens with one attached hydrogen (secondary N) is 1. The van der Waals surface area contributed by atoms with Gasteiger partial charge in [0, 0.05) is 45.0 Å². The van der Waals surface area contributed by atoms with Gasteiger partial charge in [-0.15, -0.1) is 0 Å². The van der Waals surface area contributed by atoms with Gasteiger partial charge in [-0.2, -0.15) is 5.10 Å². The first-order valence-electron chi connectivity index (χ1n) is 10.8. The zero-order chi connectivity index (χ0) is 22.3. The molecule has 1 amide bonds. The van der Waals surface area contributed by atoms with Crippen LogP contribution in [-0.4, -0.2) is 67.5 Å².